The fraction of sp³-hybridized carbons (Fsp3) is 0.208. The Balaban J connectivity index is 1.43. The van der Waals surface area contributed by atoms with E-state index in [1.54, 1.807) is 65.8 Å². The number of amides is 4. The number of halogens is 2. The standard InChI is InChI=1S/C24H20Cl2N6O4/c25-18-7-6-17(14-19(18)26)36-16-4-2-15(3-5-16)24(20(33)29-23(35)30-21(24)34)32-12-10-31(11-13-32)22-27-8-1-9-28-22/h1-9,14H,10-13H2,(H2,29,30,33,34,35). The monoisotopic (exact) mass is 526 g/mol. The van der Waals surface area contributed by atoms with Crippen LogP contribution in [-0.4, -0.2) is 58.9 Å². The van der Waals surface area contributed by atoms with E-state index in [-0.39, 0.29) is 0 Å². The molecule has 0 spiro atoms. The summed E-state index contributed by atoms with van der Waals surface area (Å²) in [5.41, 5.74) is -1.34. The highest BCUT2D eigenvalue weighted by molar-refractivity contribution is 6.42. The van der Waals surface area contributed by atoms with E-state index < -0.39 is 23.4 Å². The van der Waals surface area contributed by atoms with Crippen molar-refractivity contribution in [2.75, 3.05) is 31.1 Å². The lowest BCUT2D eigenvalue weighted by Gasteiger charge is -2.46. The molecule has 2 fully saturated rings. The average molecular weight is 527 g/mol. The molecule has 2 saturated heterocycles. The van der Waals surface area contributed by atoms with Crippen molar-refractivity contribution in [3.63, 3.8) is 0 Å². The zero-order chi connectivity index (χ0) is 25.3. The highest BCUT2D eigenvalue weighted by Crippen LogP contribution is 2.35. The summed E-state index contributed by atoms with van der Waals surface area (Å²) >= 11 is 12.0. The number of aromatic nitrogens is 2. The third kappa shape index (κ3) is 4.34. The van der Waals surface area contributed by atoms with Crippen LogP contribution in [0.1, 0.15) is 5.56 Å². The van der Waals surface area contributed by atoms with Crippen LogP contribution in [0.3, 0.4) is 0 Å². The maximum Gasteiger partial charge on any atom is 0.328 e. The molecule has 3 heterocycles. The van der Waals surface area contributed by atoms with E-state index in [0.29, 0.717) is 59.2 Å². The van der Waals surface area contributed by atoms with Gasteiger partial charge in [-0.2, -0.15) is 0 Å². The van der Waals surface area contributed by atoms with E-state index in [4.69, 9.17) is 27.9 Å². The summed E-state index contributed by atoms with van der Waals surface area (Å²) in [6.07, 6.45) is 3.32. The largest absolute Gasteiger partial charge is 0.457 e. The van der Waals surface area contributed by atoms with Crippen molar-refractivity contribution in [3.05, 3.63) is 76.5 Å². The third-order valence-electron chi connectivity index (χ3n) is 6.10. The van der Waals surface area contributed by atoms with Crippen molar-refractivity contribution < 1.29 is 19.1 Å². The predicted octanol–water partition coefficient (Wildman–Crippen LogP) is 2.96. The van der Waals surface area contributed by atoms with Gasteiger partial charge in [-0.25, -0.2) is 14.8 Å². The number of barbiturate groups is 1. The maximum atomic E-state index is 13.3. The van der Waals surface area contributed by atoms with Crippen molar-refractivity contribution >= 4 is 47.0 Å². The first kappa shape index (κ1) is 24.0. The van der Waals surface area contributed by atoms with Gasteiger partial charge in [0.2, 0.25) is 11.5 Å². The van der Waals surface area contributed by atoms with Crippen LogP contribution in [0.25, 0.3) is 0 Å². The number of piperazine rings is 1. The third-order valence-corrected chi connectivity index (χ3v) is 6.84. The SMILES string of the molecule is O=C1NC(=O)C(c2ccc(Oc3ccc(Cl)c(Cl)c3)cc2)(N2CCN(c3ncccn3)CC2)C(=O)N1. The van der Waals surface area contributed by atoms with Crippen LogP contribution in [-0.2, 0) is 15.1 Å². The average Bonchev–Trinajstić information content (AvgIpc) is 2.88. The quantitative estimate of drug-likeness (QED) is 0.487. The molecule has 5 rings (SSSR count). The normalized spacial score (nSPS) is 17.9. The second-order valence-corrected chi connectivity index (χ2v) is 8.99. The van der Waals surface area contributed by atoms with Crippen LogP contribution in [0, 0.1) is 0 Å². The minimum Gasteiger partial charge on any atom is -0.457 e. The molecule has 0 atom stereocenters. The number of nitrogens with one attached hydrogen (secondary N) is 2. The number of imide groups is 2. The molecule has 184 valence electrons. The van der Waals surface area contributed by atoms with E-state index in [2.05, 4.69) is 20.6 Å². The molecule has 0 aliphatic carbocycles. The predicted molar refractivity (Wildman–Crippen MR) is 132 cm³/mol. The van der Waals surface area contributed by atoms with Crippen LogP contribution in [0.2, 0.25) is 10.0 Å². The van der Waals surface area contributed by atoms with E-state index in [1.807, 2.05) is 4.90 Å². The van der Waals surface area contributed by atoms with Crippen molar-refractivity contribution in [1.29, 1.82) is 0 Å². The van der Waals surface area contributed by atoms with Crippen molar-refractivity contribution in [2.45, 2.75) is 5.54 Å². The molecule has 0 bridgehead atoms. The van der Waals surface area contributed by atoms with Gasteiger partial charge in [0.05, 0.1) is 10.0 Å². The summed E-state index contributed by atoms with van der Waals surface area (Å²) in [5.74, 6) is 0.0938. The zero-order valence-electron chi connectivity index (χ0n) is 18.8. The van der Waals surface area contributed by atoms with Gasteiger partial charge >= 0.3 is 6.03 Å². The second kappa shape index (κ2) is 9.73. The minimum atomic E-state index is -1.74. The van der Waals surface area contributed by atoms with E-state index in [9.17, 15) is 14.4 Å². The molecule has 2 aromatic carbocycles. The molecule has 1 aromatic heterocycles. The van der Waals surface area contributed by atoms with E-state index in [0.717, 1.165) is 0 Å². The number of carbonyl (C=O) groups is 3. The Labute approximate surface area is 216 Å². The lowest BCUT2D eigenvalue weighted by molar-refractivity contribution is -0.149. The molecule has 0 unspecified atom stereocenters. The Hall–Kier alpha value is -3.73. The molecule has 0 saturated carbocycles. The van der Waals surface area contributed by atoms with Crippen LogP contribution >= 0.6 is 23.2 Å². The molecule has 2 aliphatic rings. The van der Waals surface area contributed by atoms with Crippen molar-refractivity contribution in [3.8, 4) is 11.5 Å². The Bertz CT molecular complexity index is 1290. The summed E-state index contributed by atoms with van der Waals surface area (Å²) < 4.78 is 5.84. The van der Waals surface area contributed by atoms with Gasteiger partial charge in [0, 0.05) is 44.6 Å². The molecular weight excluding hydrogens is 507 g/mol. The Kier molecular flexibility index (Phi) is 6.48. The van der Waals surface area contributed by atoms with Gasteiger partial charge in [0.1, 0.15) is 11.5 Å². The Morgan fingerprint density at radius 3 is 2.03 bits per heavy atom. The molecular formula is C24H20Cl2N6O4. The Morgan fingerprint density at radius 2 is 1.42 bits per heavy atom. The van der Waals surface area contributed by atoms with Gasteiger partial charge in [0.25, 0.3) is 11.8 Å². The minimum absolute atomic E-state index is 0.352. The molecule has 0 radical (unpaired) electrons. The number of nitrogens with zero attached hydrogens (tertiary/aromatic N) is 4. The number of hydrogen-bond acceptors (Lipinski definition) is 8. The number of anilines is 1. The van der Waals surface area contributed by atoms with E-state index >= 15 is 0 Å². The van der Waals surface area contributed by atoms with Crippen LogP contribution in [0.15, 0.2) is 60.9 Å². The number of rotatable bonds is 5. The van der Waals surface area contributed by atoms with Gasteiger partial charge in [-0.05, 0) is 35.9 Å². The first-order valence-corrected chi connectivity index (χ1v) is 11.8. The summed E-state index contributed by atoms with van der Waals surface area (Å²) in [7, 11) is 0. The van der Waals surface area contributed by atoms with Crippen LogP contribution in [0.4, 0.5) is 10.7 Å². The first-order chi connectivity index (χ1) is 17.4. The summed E-state index contributed by atoms with van der Waals surface area (Å²) in [5, 5.41) is 5.27. The maximum absolute atomic E-state index is 13.3. The van der Waals surface area contributed by atoms with Gasteiger partial charge in [-0.1, -0.05) is 35.3 Å². The van der Waals surface area contributed by atoms with Crippen LogP contribution in [0.5, 0.6) is 11.5 Å². The number of urea groups is 1. The first-order valence-electron chi connectivity index (χ1n) is 11.1. The lowest BCUT2D eigenvalue weighted by atomic mass is 9.84. The second-order valence-electron chi connectivity index (χ2n) is 8.17. The number of carbonyl (C=O) groups excluding carboxylic acids is 3. The molecule has 3 aromatic rings. The summed E-state index contributed by atoms with van der Waals surface area (Å²) in [6.45, 7) is 1.68. The van der Waals surface area contributed by atoms with Crippen LogP contribution < -0.4 is 20.3 Å². The Morgan fingerprint density at radius 1 is 0.806 bits per heavy atom. The highest BCUT2D eigenvalue weighted by atomic mass is 35.5. The van der Waals surface area contributed by atoms with Crippen molar-refractivity contribution in [1.82, 2.24) is 25.5 Å². The summed E-state index contributed by atoms with van der Waals surface area (Å²) in [6, 6.07) is 12.3. The van der Waals surface area contributed by atoms with Gasteiger partial charge in [-0.15, -0.1) is 0 Å². The number of hydrogen-bond donors (Lipinski definition) is 2. The molecule has 2 aliphatic heterocycles. The number of benzene rings is 2. The molecule has 12 heteroatoms. The number of ether oxygens (including phenoxy) is 1. The van der Waals surface area contributed by atoms with E-state index in [1.165, 1.54) is 0 Å². The molecule has 2 N–H and O–H groups in total. The molecule has 4 amide bonds. The smallest absolute Gasteiger partial charge is 0.328 e. The summed E-state index contributed by atoms with van der Waals surface area (Å²) in [4.78, 5) is 50.8. The topological polar surface area (TPSA) is 117 Å². The zero-order valence-corrected chi connectivity index (χ0v) is 20.3. The molecule has 10 nitrogen and oxygen atoms in total. The van der Waals surface area contributed by atoms with Gasteiger partial charge < -0.3 is 9.64 Å². The highest BCUT2D eigenvalue weighted by Gasteiger charge is 2.56. The van der Waals surface area contributed by atoms with Gasteiger partial charge in [0.15, 0.2) is 0 Å². The molecule has 36 heavy (non-hydrogen) atoms. The fourth-order valence-electron chi connectivity index (χ4n) is 4.39. The fourth-order valence-corrected chi connectivity index (χ4v) is 4.68. The lowest BCUT2D eigenvalue weighted by Crippen LogP contribution is -2.73. The van der Waals surface area contributed by atoms with Gasteiger partial charge in [-0.3, -0.25) is 25.1 Å². The van der Waals surface area contributed by atoms with Crippen molar-refractivity contribution in [2.24, 2.45) is 0 Å².